The highest BCUT2D eigenvalue weighted by atomic mass is 16.6. The number of nitrogens with zero attached hydrogens (tertiary/aromatic N) is 3. The van der Waals surface area contributed by atoms with Gasteiger partial charge >= 0.3 is 0 Å². The molecule has 2 aliphatic rings. The Morgan fingerprint density at radius 2 is 2.11 bits per heavy atom. The maximum absolute atomic E-state index is 5.08. The molecule has 2 aliphatic heterocycles. The molecule has 18 heavy (non-hydrogen) atoms. The standard InChI is InChI=1S/C14H19N3O/c1-2-6-13(7-3-1)10-16-9-5-4-8-14(16)17-11-15-18-12-17/h1-3,6-7,11,14H,4-5,8-10,12H2. The summed E-state index contributed by atoms with van der Waals surface area (Å²) in [4.78, 5) is 9.80. The first-order valence-corrected chi connectivity index (χ1v) is 6.63. The van der Waals surface area contributed by atoms with Gasteiger partial charge in [0.15, 0.2) is 6.73 Å². The lowest BCUT2D eigenvalue weighted by molar-refractivity contribution is 0.00494. The fraction of sp³-hybridized carbons (Fsp3) is 0.500. The summed E-state index contributed by atoms with van der Waals surface area (Å²) in [7, 11) is 0. The van der Waals surface area contributed by atoms with E-state index in [4.69, 9.17) is 4.84 Å². The molecule has 0 aromatic heterocycles. The molecule has 1 saturated heterocycles. The number of hydrogen-bond acceptors (Lipinski definition) is 4. The lowest BCUT2D eigenvalue weighted by Crippen LogP contribution is -2.49. The van der Waals surface area contributed by atoms with Gasteiger partial charge in [-0.2, -0.15) is 0 Å². The SMILES string of the molecule is C1=NOCN1C1CCCCN1Cc1ccccc1. The minimum Gasteiger partial charge on any atom is -0.372 e. The van der Waals surface area contributed by atoms with E-state index in [1.54, 1.807) is 0 Å². The zero-order valence-electron chi connectivity index (χ0n) is 10.5. The summed E-state index contributed by atoms with van der Waals surface area (Å²) < 4.78 is 0. The monoisotopic (exact) mass is 245 g/mol. The van der Waals surface area contributed by atoms with Crippen molar-refractivity contribution >= 4 is 6.34 Å². The van der Waals surface area contributed by atoms with Crippen LogP contribution in [0.25, 0.3) is 0 Å². The first kappa shape index (κ1) is 11.5. The zero-order valence-corrected chi connectivity index (χ0v) is 10.5. The van der Waals surface area contributed by atoms with Crippen molar-refractivity contribution in [3.63, 3.8) is 0 Å². The molecule has 0 bridgehead atoms. The predicted octanol–water partition coefficient (Wildman–Crippen LogP) is 2.23. The molecule has 1 aromatic rings. The van der Waals surface area contributed by atoms with Gasteiger partial charge in [-0.15, -0.1) is 0 Å². The third-order valence-electron chi connectivity index (χ3n) is 3.67. The Hall–Kier alpha value is -1.55. The maximum atomic E-state index is 5.08. The number of oxime groups is 1. The number of likely N-dealkylation sites (tertiary alicyclic amines) is 1. The molecule has 3 rings (SSSR count). The minimum absolute atomic E-state index is 0.435. The summed E-state index contributed by atoms with van der Waals surface area (Å²) in [6, 6.07) is 10.7. The van der Waals surface area contributed by atoms with Crippen LogP contribution in [-0.2, 0) is 11.4 Å². The summed E-state index contributed by atoms with van der Waals surface area (Å²) in [5.41, 5.74) is 1.38. The molecule has 0 radical (unpaired) electrons. The summed E-state index contributed by atoms with van der Waals surface area (Å²) in [5.74, 6) is 0. The molecule has 0 amide bonds. The molecule has 0 spiro atoms. The number of piperidine rings is 1. The highest BCUT2D eigenvalue weighted by Crippen LogP contribution is 2.22. The summed E-state index contributed by atoms with van der Waals surface area (Å²) in [6.07, 6.45) is 6.04. The van der Waals surface area contributed by atoms with Crippen LogP contribution in [0.1, 0.15) is 24.8 Å². The van der Waals surface area contributed by atoms with Gasteiger partial charge in [-0.3, -0.25) is 4.90 Å². The van der Waals surface area contributed by atoms with Gasteiger partial charge in [-0.1, -0.05) is 35.5 Å². The van der Waals surface area contributed by atoms with Crippen LogP contribution in [0.2, 0.25) is 0 Å². The van der Waals surface area contributed by atoms with E-state index in [0.717, 1.165) is 13.1 Å². The van der Waals surface area contributed by atoms with Crippen molar-refractivity contribution in [3.05, 3.63) is 35.9 Å². The van der Waals surface area contributed by atoms with Crippen molar-refractivity contribution in [2.24, 2.45) is 5.16 Å². The summed E-state index contributed by atoms with van der Waals surface area (Å²) in [5, 5.41) is 3.86. The van der Waals surface area contributed by atoms with Crippen molar-refractivity contribution < 1.29 is 4.84 Å². The Balaban J connectivity index is 1.69. The zero-order chi connectivity index (χ0) is 12.2. The molecule has 1 unspecified atom stereocenters. The highest BCUT2D eigenvalue weighted by molar-refractivity contribution is 5.55. The second kappa shape index (κ2) is 5.40. The fourth-order valence-electron chi connectivity index (χ4n) is 2.74. The smallest absolute Gasteiger partial charge is 0.191 e. The average Bonchev–Trinajstić information content (AvgIpc) is 2.94. The van der Waals surface area contributed by atoms with E-state index in [2.05, 4.69) is 45.3 Å². The van der Waals surface area contributed by atoms with Gasteiger partial charge in [-0.25, -0.2) is 0 Å². The molecule has 4 nitrogen and oxygen atoms in total. The predicted molar refractivity (Wildman–Crippen MR) is 70.8 cm³/mol. The van der Waals surface area contributed by atoms with Crippen molar-refractivity contribution in [2.45, 2.75) is 32.0 Å². The average molecular weight is 245 g/mol. The number of rotatable bonds is 3. The van der Waals surface area contributed by atoms with E-state index in [1.165, 1.54) is 24.8 Å². The Labute approximate surface area is 108 Å². The van der Waals surface area contributed by atoms with Gasteiger partial charge in [0, 0.05) is 13.1 Å². The van der Waals surface area contributed by atoms with Crippen LogP contribution in [0.15, 0.2) is 35.5 Å². The summed E-state index contributed by atoms with van der Waals surface area (Å²) in [6.45, 7) is 2.76. The van der Waals surface area contributed by atoms with E-state index >= 15 is 0 Å². The molecule has 0 N–H and O–H groups in total. The van der Waals surface area contributed by atoms with Crippen LogP contribution in [0, 0.1) is 0 Å². The molecular weight excluding hydrogens is 226 g/mol. The minimum atomic E-state index is 0.435. The van der Waals surface area contributed by atoms with Crippen LogP contribution in [-0.4, -0.2) is 35.6 Å². The largest absolute Gasteiger partial charge is 0.372 e. The molecule has 0 saturated carbocycles. The van der Waals surface area contributed by atoms with Gasteiger partial charge in [0.1, 0.15) is 6.34 Å². The van der Waals surface area contributed by atoms with Crippen molar-refractivity contribution in [1.82, 2.24) is 9.80 Å². The molecule has 96 valence electrons. The van der Waals surface area contributed by atoms with E-state index in [9.17, 15) is 0 Å². The van der Waals surface area contributed by atoms with E-state index in [-0.39, 0.29) is 0 Å². The first-order valence-electron chi connectivity index (χ1n) is 6.63. The number of benzene rings is 1. The normalized spacial score (nSPS) is 24.2. The Morgan fingerprint density at radius 3 is 2.89 bits per heavy atom. The van der Waals surface area contributed by atoms with Crippen LogP contribution in [0.3, 0.4) is 0 Å². The summed E-state index contributed by atoms with van der Waals surface area (Å²) >= 11 is 0. The van der Waals surface area contributed by atoms with E-state index in [0.29, 0.717) is 12.9 Å². The highest BCUT2D eigenvalue weighted by Gasteiger charge is 2.28. The van der Waals surface area contributed by atoms with Crippen molar-refractivity contribution in [1.29, 1.82) is 0 Å². The molecule has 1 aromatic carbocycles. The quantitative estimate of drug-likeness (QED) is 0.817. The van der Waals surface area contributed by atoms with Crippen molar-refractivity contribution in [2.75, 3.05) is 13.3 Å². The van der Waals surface area contributed by atoms with Gasteiger partial charge < -0.3 is 9.74 Å². The third-order valence-corrected chi connectivity index (χ3v) is 3.67. The molecule has 1 atom stereocenters. The van der Waals surface area contributed by atoms with Crippen LogP contribution in [0.4, 0.5) is 0 Å². The molecule has 0 aliphatic carbocycles. The lowest BCUT2D eigenvalue weighted by atomic mass is 10.1. The van der Waals surface area contributed by atoms with Gasteiger partial charge in [0.2, 0.25) is 0 Å². The van der Waals surface area contributed by atoms with Crippen LogP contribution in [0.5, 0.6) is 0 Å². The Kier molecular flexibility index (Phi) is 3.46. The second-order valence-corrected chi connectivity index (χ2v) is 4.93. The fourth-order valence-corrected chi connectivity index (χ4v) is 2.74. The second-order valence-electron chi connectivity index (χ2n) is 4.93. The van der Waals surface area contributed by atoms with Crippen LogP contribution < -0.4 is 0 Å². The Bertz CT molecular complexity index is 407. The van der Waals surface area contributed by atoms with E-state index in [1.807, 2.05) is 6.34 Å². The molecule has 1 fully saturated rings. The van der Waals surface area contributed by atoms with Crippen LogP contribution >= 0.6 is 0 Å². The van der Waals surface area contributed by atoms with Gasteiger partial charge in [0.05, 0.1) is 6.17 Å². The van der Waals surface area contributed by atoms with E-state index < -0.39 is 0 Å². The molecule has 2 heterocycles. The molecular formula is C14H19N3O. The lowest BCUT2D eigenvalue weighted by Gasteiger charge is -2.39. The molecule has 4 heteroatoms. The maximum Gasteiger partial charge on any atom is 0.191 e. The van der Waals surface area contributed by atoms with Crippen molar-refractivity contribution in [3.8, 4) is 0 Å². The topological polar surface area (TPSA) is 28.1 Å². The third kappa shape index (κ3) is 2.48. The Morgan fingerprint density at radius 1 is 1.22 bits per heavy atom. The number of hydrogen-bond donors (Lipinski definition) is 0. The first-order chi connectivity index (χ1) is 8.93. The van der Waals surface area contributed by atoms with Gasteiger partial charge in [0.25, 0.3) is 0 Å². The van der Waals surface area contributed by atoms with Gasteiger partial charge in [-0.05, 0) is 24.8 Å².